The summed E-state index contributed by atoms with van der Waals surface area (Å²) in [6, 6.07) is 18.6. The molecule has 1 saturated carbocycles. The van der Waals surface area contributed by atoms with Crippen molar-refractivity contribution in [3.8, 4) is 0 Å². The van der Waals surface area contributed by atoms with Crippen LogP contribution in [0.4, 0.5) is 0 Å². The molecule has 1 aliphatic carbocycles. The fourth-order valence-corrected chi connectivity index (χ4v) is 3.80. The first-order chi connectivity index (χ1) is 14.8. The molecule has 1 aliphatic rings. The summed E-state index contributed by atoms with van der Waals surface area (Å²) in [5, 5.41) is 0. The first-order valence-corrected chi connectivity index (χ1v) is 10.9. The summed E-state index contributed by atoms with van der Waals surface area (Å²) >= 11 is 0. The molecule has 5 heteroatoms. The number of esters is 2. The summed E-state index contributed by atoms with van der Waals surface area (Å²) in [5.41, 5.74) is -0.121. The molecule has 0 atom stereocenters. The Morgan fingerprint density at radius 3 is 2.06 bits per heavy atom. The quantitative estimate of drug-likeness (QED) is 0.454. The second-order valence-corrected chi connectivity index (χ2v) is 8.96. The SMILES string of the molecule is CC(C)(C)OC(=O)C(=NCc1ccccc1)C1(OC(=O)c2ccccc2)CCCCC1. The van der Waals surface area contributed by atoms with Crippen molar-refractivity contribution in [2.75, 3.05) is 0 Å². The number of aliphatic imine (C=N–C) groups is 1. The summed E-state index contributed by atoms with van der Waals surface area (Å²) in [4.78, 5) is 30.9. The van der Waals surface area contributed by atoms with E-state index in [9.17, 15) is 9.59 Å². The van der Waals surface area contributed by atoms with Crippen molar-refractivity contribution in [1.82, 2.24) is 0 Å². The van der Waals surface area contributed by atoms with Gasteiger partial charge in [0.05, 0.1) is 12.1 Å². The Bertz CT molecular complexity index is 907. The number of carbonyl (C=O) groups excluding carboxylic acids is 2. The Labute approximate surface area is 184 Å². The fourth-order valence-electron chi connectivity index (χ4n) is 3.80. The smallest absolute Gasteiger partial charge is 0.356 e. The minimum absolute atomic E-state index is 0.204. The van der Waals surface area contributed by atoms with Crippen molar-refractivity contribution in [1.29, 1.82) is 0 Å². The van der Waals surface area contributed by atoms with Crippen LogP contribution >= 0.6 is 0 Å². The number of hydrogen-bond donors (Lipinski definition) is 0. The molecule has 0 saturated heterocycles. The molecule has 0 aromatic heterocycles. The molecule has 0 unspecified atom stereocenters. The molecule has 5 nitrogen and oxygen atoms in total. The van der Waals surface area contributed by atoms with Crippen LogP contribution in [0.5, 0.6) is 0 Å². The molecule has 0 spiro atoms. The van der Waals surface area contributed by atoms with E-state index >= 15 is 0 Å². The summed E-state index contributed by atoms with van der Waals surface area (Å²) in [7, 11) is 0. The van der Waals surface area contributed by atoms with E-state index in [-0.39, 0.29) is 5.71 Å². The van der Waals surface area contributed by atoms with Gasteiger partial charge in [-0.15, -0.1) is 0 Å². The van der Waals surface area contributed by atoms with Crippen molar-refractivity contribution in [3.05, 3.63) is 71.8 Å². The van der Waals surface area contributed by atoms with Crippen LogP contribution < -0.4 is 0 Å². The van der Waals surface area contributed by atoms with Gasteiger partial charge in [-0.3, -0.25) is 4.99 Å². The van der Waals surface area contributed by atoms with Gasteiger partial charge >= 0.3 is 11.9 Å². The monoisotopic (exact) mass is 421 g/mol. The minimum Gasteiger partial charge on any atom is -0.455 e. The van der Waals surface area contributed by atoms with Crippen LogP contribution in [0.1, 0.15) is 68.8 Å². The molecule has 164 valence electrons. The normalized spacial score (nSPS) is 16.4. The highest BCUT2D eigenvalue weighted by atomic mass is 16.6. The molecule has 0 bridgehead atoms. The topological polar surface area (TPSA) is 65.0 Å². The Morgan fingerprint density at radius 1 is 0.903 bits per heavy atom. The van der Waals surface area contributed by atoms with E-state index < -0.39 is 23.1 Å². The largest absolute Gasteiger partial charge is 0.455 e. The predicted molar refractivity (Wildman–Crippen MR) is 121 cm³/mol. The van der Waals surface area contributed by atoms with Crippen molar-refractivity contribution < 1.29 is 19.1 Å². The maximum absolute atomic E-state index is 13.3. The van der Waals surface area contributed by atoms with Gasteiger partial charge in [-0.2, -0.15) is 0 Å². The molecule has 0 aliphatic heterocycles. The fraction of sp³-hybridized carbons (Fsp3) is 0.423. The predicted octanol–water partition coefficient (Wildman–Crippen LogP) is 5.53. The number of rotatable bonds is 6. The zero-order chi connectivity index (χ0) is 22.3. The minimum atomic E-state index is -1.08. The zero-order valence-corrected chi connectivity index (χ0v) is 18.6. The molecule has 0 radical (unpaired) electrons. The second kappa shape index (κ2) is 9.90. The summed E-state index contributed by atoms with van der Waals surface area (Å²) < 4.78 is 11.8. The van der Waals surface area contributed by atoms with Crippen molar-refractivity contribution in [2.24, 2.45) is 4.99 Å². The van der Waals surface area contributed by atoms with Gasteiger partial charge in [0, 0.05) is 0 Å². The van der Waals surface area contributed by atoms with Crippen LogP contribution in [0.2, 0.25) is 0 Å². The van der Waals surface area contributed by atoms with Crippen LogP contribution in [-0.4, -0.2) is 28.9 Å². The molecule has 2 aromatic rings. The summed E-state index contributed by atoms with van der Waals surface area (Å²) in [6.07, 6.45) is 3.85. The van der Waals surface area contributed by atoms with Crippen LogP contribution in [0, 0.1) is 0 Å². The lowest BCUT2D eigenvalue weighted by atomic mass is 9.80. The number of hydrogen-bond acceptors (Lipinski definition) is 5. The highest BCUT2D eigenvalue weighted by Crippen LogP contribution is 2.35. The molecule has 3 rings (SSSR count). The molecule has 0 amide bonds. The second-order valence-electron chi connectivity index (χ2n) is 8.96. The van der Waals surface area contributed by atoms with Gasteiger partial charge < -0.3 is 9.47 Å². The first-order valence-electron chi connectivity index (χ1n) is 10.9. The van der Waals surface area contributed by atoms with E-state index in [1.165, 1.54) is 0 Å². The standard InChI is InChI=1S/C26H31NO4/c1-25(2,3)30-24(29)22(27-19-20-13-7-4-8-14-20)26(17-11-6-12-18-26)31-23(28)21-15-9-5-10-16-21/h4-5,7-10,13-16H,6,11-12,17-19H2,1-3H3. The van der Waals surface area contributed by atoms with Crippen LogP contribution in [-0.2, 0) is 20.8 Å². The van der Waals surface area contributed by atoms with E-state index in [0.29, 0.717) is 24.9 Å². The van der Waals surface area contributed by atoms with Crippen LogP contribution in [0.3, 0.4) is 0 Å². The van der Waals surface area contributed by atoms with Gasteiger partial charge in [0.15, 0.2) is 11.3 Å². The first kappa shape index (κ1) is 22.7. The van der Waals surface area contributed by atoms with Gasteiger partial charge in [0.25, 0.3) is 0 Å². The van der Waals surface area contributed by atoms with E-state index in [2.05, 4.69) is 4.99 Å². The van der Waals surface area contributed by atoms with E-state index in [1.54, 1.807) is 24.3 Å². The number of carbonyl (C=O) groups is 2. The average Bonchev–Trinajstić information content (AvgIpc) is 2.74. The van der Waals surface area contributed by atoms with Crippen molar-refractivity contribution in [2.45, 2.75) is 70.6 Å². The maximum atomic E-state index is 13.3. The van der Waals surface area contributed by atoms with Crippen molar-refractivity contribution in [3.63, 3.8) is 0 Å². The lowest BCUT2D eigenvalue weighted by Gasteiger charge is -2.37. The van der Waals surface area contributed by atoms with Gasteiger partial charge in [-0.05, 0) is 64.2 Å². The zero-order valence-electron chi connectivity index (χ0n) is 18.6. The Kier molecular flexibility index (Phi) is 7.26. The molecule has 0 N–H and O–H groups in total. The van der Waals surface area contributed by atoms with Gasteiger partial charge in [0.2, 0.25) is 0 Å². The Balaban J connectivity index is 1.97. The number of benzene rings is 2. The van der Waals surface area contributed by atoms with Gasteiger partial charge in [-0.25, -0.2) is 9.59 Å². The summed E-state index contributed by atoms with van der Waals surface area (Å²) in [5.74, 6) is -0.968. The number of ether oxygens (including phenoxy) is 2. The lowest BCUT2D eigenvalue weighted by molar-refractivity contribution is -0.147. The van der Waals surface area contributed by atoms with Crippen molar-refractivity contribution >= 4 is 17.7 Å². The Morgan fingerprint density at radius 2 is 1.48 bits per heavy atom. The lowest BCUT2D eigenvalue weighted by Crippen LogP contribution is -2.50. The molecule has 1 fully saturated rings. The highest BCUT2D eigenvalue weighted by Gasteiger charge is 2.46. The maximum Gasteiger partial charge on any atom is 0.356 e. The molecular weight excluding hydrogens is 390 g/mol. The molecule has 0 heterocycles. The van der Waals surface area contributed by atoms with Crippen LogP contribution in [0.15, 0.2) is 65.7 Å². The summed E-state index contributed by atoms with van der Waals surface area (Å²) in [6.45, 7) is 5.79. The number of nitrogens with zero attached hydrogens (tertiary/aromatic N) is 1. The van der Waals surface area contributed by atoms with Crippen LogP contribution in [0.25, 0.3) is 0 Å². The van der Waals surface area contributed by atoms with E-state index in [4.69, 9.17) is 9.47 Å². The highest BCUT2D eigenvalue weighted by molar-refractivity contribution is 6.40. The third-order valence-corrected chi connectivity index (χ3v) is 5.25. The van der Waals surface area contributed by atoms with E-state index in [0.717, 1.165) is 24.8 Å². The van der Waals surface area contributed by atoms with Gasteiger partial charge in [-0.1, -0.05) is 55.0 Å². The molecular formula is C26H31NO4. The Hall–Kier alpha value is -2.95. The van der Waals surface area contributed by atoms with E-state index in [1.807, 2.05) is 57.2 Å². The average molecular weight is 422 g/mol. The molecule has 2 aromatic carbocycles. The van der Waals surface area contributed by atoms with Gasteiger partial charge in [0.1, 0.15) is 5.60 Å². The third-order valence-electron chi connectivity index (χ3n) is 5.25. The third kappa shape index (κ3) is 6.27. The molecule has 31 heavy (non-hydrogen) atoms.